The van der Waals surface area contributed by atoms with Gasteiger partial charge in [-0.25, -0.2) is 4.79 Å². The third-order valence-corrected chi connectivity index (χ3v) is 1.53. The lowest BCUT2D eigenvalue weighted by Crippen LogP contribution is -1.93. The largest absolute Gasteiger partial charge is 0.478 e. The number of hydrogen-bond donors (Lipinski definition) is 2. The number of amides is 1. The summed E-state index contributed by atoms with van der Waals surface area (Å²) in [7, 11) is 0. The Morgan fingerprint density at radius 1 is 1.43 bits per heavy atom. The van der Waals surface area contributed by atoms with Gasteiger partial charge in [0.25, 0.3) is 0 Å². The zero-order chi connectivity index (χ0) is 10.4. The quantitative estimate of drug-likeness (QED) is 0.557. The minimum Gasteiger partial charge on any atom is -0.478 e. The van der Waals surface area contributed by atoms with Crippen LogP contribution < -0.4 is 5.32 Å². The molecule has 0 saturated carbocycles. The van der Waals surface area contributed by atoms with Crippen molar-refractivity contribution in [2.45, 2.75) is 0 Å². The molecule has 14 heavy (non-hydrogen) atoms. The zero-order valence-electron chi connectivity index (χ0n) is 7.31. The van der Waals surface area contributed by atoms with Gasteiger partial charge in [-0.3, -0.25) is 4.79 Å². The molecule has 0 unspecified atom stereocenters. The number of carbonyl (C=O) groups excluding carboxylic acids is 1. The third kappa shape index (κ3) is 3.10. The number of hydrogen-bond acceptors (Lipinski definition) is 2. The summed E-state index contributed by atoms with van der Waals surface area (Å²) in [6, 6.07) is 6.86. The molecule has 0 atom stereocenters. The Bertz CT molecular complexity index is 371. The van der Waals surface area contributed by atoms with Gasteiger partial charge in [0.2, 0.25) is 6.41 Å². The first kappa shape index (κ1) is 9.98. The summed E-state index contributed by atoms with van der Waals surface area (Å²) in [4.78, 5) is 20.4. The van der Waals surface area contributed by atoms with E-state index in [0.717, 1.165) is 11.6 Å². The van der Waals surface area contributed by atoms with Crippen LogP contribution >= 0.6 is 0 Å². The van der Waals surface area contributed by atoms with E-state index in [1.54, 1.807) is 24.3 Å². The van der Waals surface area contributed by atoms with E-state index in [2.05, 4.69) is 5.32 Å². The van der Waals surface area contributed by atoms with Crippen LogP contribution in [0, 0.1) is 0 Å². The first-order valence-corrected chi connectivity index (χ1v) is 3.93. The number of anilines is 1. The van der Waals surface area contributed by atoms with Crippen LogP contribution in [0.4, 0.5) is 5.69 Å². The SMILES string of the molecule is O=CNc1cccc(/C=C/C(=O)O)c1. The highest BCUT2D eigenvalue weighted by Gasteiger charge is 1.92. The van der Waals surface area contributed by atoms with Crippen molar-refractivity contribution >= 4 is 24.1 Å². The fraction of sp³-hybridized carbons (Fsp3) is 0. The molecule has 0 aliphatic carbocycles. The van der Waals surface area contributed by atoms with E-state index in [-0.39, 0.29) is 0 Å². The first-order chi connectivity index (χ1) is 6.72. The van der Waals surface area contributed by atoms with E-state index in [1.165, 1.54) is 6.08 Å². The van der Waals surface area contributed by atoms with Crippen LogP contribution in [0.2, 0.25) is 0 Å². The van der Waals surface area contributed by atoms with Crippen LogP contribution in [-0.4, -0.2) is 17.5 Å². The molecule has 0 saturated heterocycles. The van der Waals surface area contributed by atoms with Gasteiger partial charge in [-0.2, -0.15) is 0 Å². The van der Waals surface area contributed by atoms with Crippen LogP contribution in [0.1, 0.15) is 5.56 Å². The molecule has 0 aliphatic heterocycles. The van der Waals surface area contributed by atoms with Crippen molar-refractivity contribution in [3.8, 4) is 0 Å². The summed E-state index contributed by atoms with van der Waals surface area (Å²) in [5, 5.41) is 10.9. The maximum Gasteiger partial charge on any atom is 0.328 e. The summed E-state index contributed by atoms with van der Waals surface area (Å²) in [6.07, 6.45) is 3.07. The first-order valence-electron chi connectivity index (χ1n) is 3.93. The predicted molar refractivity (Wildman–Crippen MR) is 52.8 cm³/mol. The highest BCUT2D eigenvalue weighted by Crippen LogP contribution is 2.10. The molecule has 0 spiro atoms. The van der Waals surface area contributed by atoms with Gasteiger partial charge in [0, 0.05) is 11.8 Å². The lowest BCUT2D eigenvalue weighted by Gasteiger charge is -1.98. The number of carbonyl (C=O) groups is 2. The molecule has 0 aromatic heterocycles. The molecule has 2 N–H and O–H groups in total. The van der Waals surface area contributed by atoms with Gasteiger partial charge in [0.15, 0.2) is 0 Å². The smallest absolute Gasteiger partial charge is 0.328 e. The fourth-order valence-corrected chi connectivity index (χ4v) is 0.968. The molecular formula is C10H9NO3. The fourth-order valence-electron chi connectivity index (χ4n) is 0.968. The van der Waals surface area contributed by atoms with E-state index in [9.17, 15) is 9.59 Å². The molecule has 1 aromatic carbocycles. The number of nitrogens with one attached hydrogen (secondary N) is 1. The third-order valence-electron chi connectivity index (χ3n) is 1.53. The molecule has 1 aromatic rings. The van der Waals surface area contributed by atoms with E-state index in [4.69, 9.17) is 5.11 Å². The Labute approximate surface area is 80.9 Å². The highest BCUT2D eigenvalue weighted by molar-refractivity contribution is 5.85. The van der Waals surface area contributed by atoms with Gasteiger partial charge < -0.3 is 10.4 Å². The van der Waals surface area contributed by atoms with E-state index in [0.29, 0.717) is 12.1 Å². The highest BCUT2D eigenvalue weighted by atomic mass is 16.4. The van der Waals surface area contributed by atoms with E-state index >= 15 is 0 Å². The summed E-state index contributed by atoms with van der Waals surface area (Å²) in [5.41, 5.74) is 1.35. The molecule has 0 aliphatic rings. The predicted octanol–water partition coefficient (Wildman–Crippen LogP) is 1.35. The summed E-state index contributed by atoms with van der Waals surface area (Å²) in [6.45, 7) is 0. The maximum atomic E-state index is 10.2. The van der Waals surface area contributed by atoms with Crippen molar-refractivity contribution in [3.05, 3.63) is 35.9 Å². The standard InChI is InChI=1S/C10H9NO3/c12-7-11-9-3-1-2-8(6-9)4-5-10(13)14/h1-7H,(H,11,12)(H,13,14)/b5-4+. The average molecular weight is 191 g/mol. The number of rotatable bonds is 4. The molecule has 0 heterocycles. The summed E-state index contributed by atoms with van der Waals surface area (Å²) < 4.78 is 0. The van der Waals surface area contributed by atoms with Crippen LogP contribution in [-0.2, 0) is 9.59 Å². The van der Waals surface area contributed by atoms with Crippen LogP contribution in [0.3, 0.4) is 0 Å². The second-order valence-electron chi connectivity index (χ2n) is 2.56. The lowest BCUT2D eigenvalue weighted by molar-refractivity contribution is -0.131. The van der Waals surface area contributed by atoms with Crippen molar-refractivity contribution in [3.63, 3.8) is 0 Å². The Kier molecular flexibility index (Phi) is 3.43. The number of carboxylic acids is 1. The van der Waals surface area contributed by atoms with Crippen molar-refractivity contribution < 1.29 is 14.7 Å². The molecule has 0 radical (unpaired) electrons. The van der Waals surface area contributed by atoms with Gasteiger partial charge in [-0.05, 0) is 23.8 Å². The average Bonchev–Trinajstić information content (AvgIpc) is 2.16. The van der Waals surface area contributed by atoms with Gasteiger partial charge in [-0.1, -0.05) is 12.1 Å². The molecular weight excluding hydrogens is 182 g/mol. The Morgan fingerprint density at radius 3 is 2.86 bits per heavy atom. The summed E-state index contributed by atoms with van der Waals surface area (Å²) in [5.74, 6) is -1.00. The Balaban J connectivity index is 2.82. The second-order valence-corrected chi connectivity index (χ2v) is 2.56. The minimum atomic E-state index is -1.00. The molecule has 0 bridgehead atoms. The maximum absolute atomic E-state index is 10.2. The van der Waals surface area contributed by atoms with Crippen LogP contribution in [0.25, 0.3) is 6.08 Å². The van der Waals surface area contributed by atoms with Gasteiger partial charge >= 0.3 is 5.97 Å². The molecule has 0 fully saturated rings. The van der Waals surface area contributed by atoms with Gasteiger partial charge in [-0.15, -0.1) is 0 Å². The summed E-state index contributed by atoms with van der Waals surface area (Å²) >= 11 is 0. The van der Waals surface area contributed by atoms with E-state index < -0.39 is 5.97 Å². The molecule has 1 amide bonds. The van der Waals surface area contributed by atoms with Crippen molar-refractivity contribution in [2.24, 2.45) is 0 Å². The second kappa shape index (κ2) is 4.81. The van der Waals surface area contributed by atoms with Crippen LogP contribution in [0.5, 0.6) is 0 Å². The minimum absolute atomic E-state index is 0.569. The zero-order valence-corrected chi connectivity index (χ0v) is 7.31. The Hall–Kier alpha value is -2.10. The topological polar surface area (TPSA) is 66.4 Å². The van der Waals surface area contributed by atoms with Gasteiger partial charge in [0.05, 0.1) is 0 Å². The lowest BCUT2D eigenvalue weighted by atomic mass is 10.2. The monoisotopic (exact) mass is 191 g/mol. The van der Waals surface area contributed by atoms with Gasteiger partial charge in [0.1, 0.15) is 0 Å². The Morgan fingerprint density at radius 2 is 2.21 bits per heavy atom. The molecule has 4 nitrogen and oxygen atoms in total. The number of benzene rings is 1. The molecule has 4 heteroatoms. The van der Waals surface area contributed by atoms with Crippen molar-refractivity contribution in [1.29, 1.82) is 0 Å². The normalized spacial score (nSPS) is 10.0. The van der Waals surface area contributed by atoms with Crippen molar-refractivity contribution in [1.82, 2.24) is 0 Å². The molecule has 1 rings (SSSR count). The number of aliphatic carboxylic acids is 1. The molecule has 72 valence electrons. The van der Waals surface area contributed by atoms with Crippen LogP contribution in [0.15, 0.2) is 30.3 Å². The van der Waals surface area contributed by atoms with Crippen molar-refractivity contribution in [2.75, 3.05) is 5.32 Å². The van der Waals surface area contributed by atoms with E-state index in [1.807, 2.05) is 0 Å². The number of carboxylic acid groups (broad SMARTS) is 1.